The molecule has 1 aromatic rings. The zero-order valence-electron chi connectivity index (χ0n) is 5.66. The topological polar surface area (TPSA) is 37.3 Å². The van der Waals surface area contributed by atoms with Gasteiger partial charge in [-0.25, -0.2) is 0 Å². The monoisotopic (exact) mass is 244 g/mol. The number of hydrogen-bond acceptors (Lipinski definition) is 1. The summed E-state index contributed by atoms with van der Waals surface area (Å²) in [6.07, 6.45) is 0. The van der Waals surface area contributed by atoms with E-state index >= 15 is 0 Å². The van der Waals surface area contributed by atoms with Crippen molar-refractivity contribution in [2.45, 2.75) is 0 Å². The van der Waals surface area contributed by atoms with Crippen LogP contribution in [0.2, 0.25) is 0 Å². The Balaban J connectivity index is 3.15. The first kappa shape index (κ1) is 7.59. The number of carboxylic acid groups (broad SMARTS) is 1. The minimum absolute atomic E-state index is 0.286. The molecule has 0 aliphatic carbocycles. The molecule has 0 amide bonds. The average Bonchev–Trinajstić information content (AvgIpc) is 1.88. The zero-order chi connectivity index (χ0) is 7.56. The summed E-state index contributed by atoms with van der Waals surface area (Å²) in [5.41, 5.74) is 0.471. The molecule has 0 bridgehead atoms. The molecule has 0 heterocycles. The Morgan fingerprint density at radius 3 is 2.40 bits per heavy atom. The van der Waals surface area contributed by atoms with Crippen molar-refractivity contribution in [3.8, 4) is 0 Å². The van der Waals surface area contributed by atoms with Gasteiger partial charge < -0.3 is 0 Å². The van der Waals surface area contributed by atoms with Crippen LogP contribution in [0.1, 0.15) is 10.4 Å². The van der Waals surface area contributed by atoms with E-state index < -0.39 is 5.97 Å². The van der Waals surface area contributed by atoms with Gasteiger partial charge in [0.1, 0.15) is 0 Å². The fraction of sp³-hybridized carbons (Fsp3) is 0. The summed E-state index contributed by atoms with van der Waals surface area (Å²) in [6.45, 7) is 0. The van der Waals surface area contributed by atoms with Crippen LogP contribution in [0.25, 0.3) is 0 Å². The standard InChI is InChI=1S/C7H5O2.Sn.3H/c8-7(9)6-4-2-1-3-5-6;;;;/h1-4H,(H,8,9);;;;. The van der Waals surface area contributed by atoms with Gasteiger partial charge in [0, 0.05) is 0 Å². The summed E-state index contributed by atoms with van der Waals surface area (Å²) in [6, 6.07) is 7.15. The third-order valence-electron chi connectivity index (χ3n) is 1.38. The predicted octanol–water partition coefficient (Wildman–Crippen LogP) is -0.625. The molecule has 0 aliphatic heterocycles. The van der Waals surface area contributed by atoms with Crippen LogP contribution in [0.5, 0.6) is 0 Å². The Bertz CT molecular complexity index is 258. The molecule has 0 saturated carbocycles. The first-order valence-corrected chi connectivity index (χ1v) is 5.86. The second kappa shape index (κ2) is 3.05. The van der Waals surface area contributed by atoms with Gasteiger partial charge in [-0.05, 0) is 0 Å². The van der Waals surface area contributed by atoms with Gasteiger partial charge in [-0.1, -0.05) is 0 Å². The molecule has 1 N–H and O–H groups in total. The maximum atomic E-state index is 10.5. The average molecular weight is 243 g/mol. The molecule has 2 nitrogen and oxygen atoms in total. The third kappa shape index (κ3) is 1.50. The van der Waals surface area contributed by atoms with Crippen molar-refractivity contribution >= 4 is 32.1 Å². The van der Waals surface area contributed by atoms with E-state index in [1.54, 1.807) is 12.1 Å². The molecule has 0 spiro atoms. The zero-order valence-corrected chi connectivity index (χ0v) is 11.4. The molecule has 3 heteroatoms. The van der Waals surface area contributed by atoms with Gasteiger partial charge >= 0.3 is 71.8 Å². The van der Waals surface area contributed by atoms with Gasteiger partial charge in [-0.3, -0.25) is 0 Å². The summed E-state index contributed by atoms with van der Waals surface area (Å²) < 4.78 is 1.01. The Labute approximate surface area is 72.0 Å². The molecule has 0 saturated heterocycles. The molecular formula is C7H8O2Sn. The van der Waals surface area contributed by atoms with Gasteiger partial charge in [0.25, 0.3) is 0 Å². The number of aromatic carboxylic acids is 1. The number of rotatable bonds is 1. The van der Waals surface area contributed by atoms with Crippen molar-refractivity contribution in [2.75, 3.05) is 0 Å². The van der Waals surface area contributed by atoms with Crippen LogP contribution < -0.4 is 3.58 Å². The van der Waals surface area contributed by atoms with Crippen LogP contribution >= 0.6 is 0 Å². The summed E-state index contributed by atoms with van der Waals surface area (Å²) in [4.78, 5) is 10.5. The fourth-order valence-electron chi connectivity index (χ4n) is 0.813. The molecule has 1 rings (SSSR count). The van der Waals surface area contributed by atoms with Gasteiger partial charge in [0.15, 0.2) is 0 Å². The Morgan fingerprint density at radius 2 is 2.00 bits per heavy atom. The summed E-state index contributed by atoms with van der Waals surface area (Å²) in [5.74, 6) is -0.810. The van der Waals surface area contributed by atoms with Gasteiger partial charge in [-0.2, -0.15) is 0 Å². The van der Waals surface area contributed by atoms with Gasteiger partial charge in [0.05, 0.1) is 0 Å². The summed E-state index contributed by atoms with van der Waals surface area (Å²) >= 11 is 0.286. The van der Waals surface area contributed by atoms with Crippen molar-refractivity contribution in [2.24, 2.45) is 0 Å². The molecule has 0 aliphatic rings. The van der Waals surface area contributed by atoms with E-state index in [4.69, 9.17) is 5.11 Å². The first-order chi connectivity index (χ1) is 4.72. The van der Waals surface area contributed by atoms with Gasteiger partial charge in [0.2, 0.25) is 0 Å². The van der Waals surface area contributed by atoms with E-state index in [9.17, 15) is 4.79 Å². The summed E-state index contributed by atoms with van der Waals surface area (Å²) in [7, 11) is 0. The maximum absolute atomic E-state index is 10.5. The molecule has 0 radical (unpaired) electrons. The summed E-state index contributed by atoms with van der Waals surface area (Å²) in [5, 5.41) is 8.60. The van der Waals surface area contributed by atoms with Crippen molar-refractivity contribution in [3.05, 3.63) is 29.8 Å². The first-order valence-electron chi connectivity index (χ1n) is 3.01. The predicted molar refractivity (Wildman–Crippen MR) is 43.0 cm³/mol. The Kier molecular flexibility index (Phi) is 2.32. The molecule has 0 unspecified atom stereocenters. The molecule has 1 aromatic carbocycles. The minimum atomic E-state index is -0.810. The number of benzene rings is 1. The van der Waals surface area contributed by atoms with Crippen molar-refractivity contribution in [1.82, 2.24) is 0 Å². The normalized spacial score (nSPS) is 9.60. The van der Waals surface area contributed by atoms with Crippen LogP contribution in [0.15, 0.2) is 24.3 Å². The van der Waals surface area contributed by atoms with Crippen LogP contribution in [0.3, 0.4) is 0 Å². The Morgan fingerprint density at radius 1 is 1.40 bits per heavy atom. The molecule has 52 valence electrons. The van der Waals surface area contributed by atoms with Crippen molar-refractivity contribution in [3.63, 3.8) is 0 Å². The second-order valence-corrected chi connectivity index (χ2v) is 5.19. The quantitative estimate of drug-likeness (QED) is 0.667. The van der Waals surface area contributed by atoms with E-state index in [0.717, 1.165) is 3.58 Å². The third-order valence-corrected chi connectivity index (χ3v) is 3.86. The SMILES string of the molecule is O=C(O)c1cccc[c]1[SnH3]. The second-order valence-electron chi connectivity index (χ2n) is 2.12. The van der Waals surface area contributed by atoms with E-state index in [1.807, 2.05) is 12.1 Å². The molecule has 10 heavy (non-hydrogen) atoms. The van der Waals surface area contributed by atoms with Crippen LogP contribution in [-0.4, -0.2) is 33.6 Å². The fourth-order valence-corrected chi connectivity index (χ4v) is 2.45. The van der Waals surface area contributed by atoms with E-state index in [1.165, 1.54) is 0 Å². The number of carboxylic acids is 1. The van der Waals surface area contributed by atoms with Crippen LogP contribution in [0, 0.1) is 0 Å². The molecule has 0 aromatic heterocycles. The number of hydrogen-bond donors (Lipinski definition) is 1. The Hall–Kier alpha value is -0.511. The van der Waals surface area contributed by atoms with E-state index in [0.29, 0.717) is 5.56 Å². The van der Waals surface area contributed by atoms with Crippen LogP contribution in [-0.2, 0) is 0 Å². The molecule has 0 atom stereocenters. The molecule has 0 fully saturated rings. The van der Waals surface area contributed by atoms with Crippen LogP contribution in [0.4, 0.5) is 0 Å². The van der Waals surface area contributed by atoms with Crippen molar-refractivity contribution < 1.29 is 9.90 Å². The van der Waals surface area contributed by atoms with Gasteiger partial charge in [-0.15, -0.1) is 0 Å². The number of carbonyl (C=O) groups is 1. The van der Waals surface area contributed by atoms with Crippen molar-refractivity contribution in [1.29, 1.82) is 0 Å². The molecular weight excluding hydrogens is 235 g/mol. The van der Waals surface area contributed by atoms with E-state index in [2.05, 4.69) is 0 Å². The van der Waals surface area contributed by atoms with E-state index in [-0.39, 0.29) is 22.5 Å².